The molecule has 3 N–H and O–H groups in total. The number of guanidine groups is 1. The standard InChI is InChI=1S/C28H28Cl2N6O5/c29-19-11-17-14-36(26(38)22-12-16-5-1-2-6-21(16)41-22)10-7-18(17)24(30)23(19)25(37)34-20(27(39)40)13-32-28(33-15-31)35-8-3-4-9-35/h1-2,5,11-12,20-21H,3-4,6-10,13-14H2,(H,32,33)(H,34,37)(H,39,40)/t20-,21?/m0/s1. The minimum atomic E-state index is -1.38. The molecule has 214 valence electrons. The molecule has 0 radical (unpaired) electrons. The van der Waals surface area contributed by atoms with E-state index in [4.69, 9.17) is 33.2 Å². The van der Waals surface area contributed by atoms with Crippen LogP contribution in [0.2, 0.25) is 10.0 Å². The summed E-state index contributed by atoms with van der Waals surface area (Å²) in [5, 5.41) is 23.9. The number of carbonyl (C=O) groups excluding carboxylic acids is 2. The molecule has 1 aromatic rings. The largest absolute Gasteiger partial charge is 0.480 e. The number of aliphatic carboxylic acids is 1. The van der Waals surface area contributed by atoms with Gasteiger partial charge in [-0.1, -0.05) is 41.4 Å². The fourth-order valence-electron chi connectivity index (χ4n) is 5.31. The van der Waals surface area contributed by atoms with E-state index in [-0.39, 0.29) is 46.7 Å². The minimum absolute atomic E-state index is 0.0377. The van der Waals surface area contributed by atoms with Crippen LogP contribution in [0.1, 0.15) is 40.7 Å². The number of carbonyl (C=O) groups is 3. The highest BCUT2D eigenvalue weighted by Gasteiger charge is 2.34. The van der Waals surface area contributed by atoms with Gasteiger partial charge >= 0.3 is 5.97 Å². The third kappa shape index (κ3) is 6.04. The molecule has 2 amide bonds. The molecule has 3 aliphatic heterocycles. The van der Waals surface area contributed by atoms with Gasteiger partial charge in [0.25, 0.3) is 11.8 Å². The summed E-state index contributed by atoms with van der Waals surface area (Å²) >= 11 is 13.1. The van der Waals surface area contributed by atoms with E-state index in [2.05, 4.69) is 15.6 Å². The van der Waals surface area contributed by atoms with E-state index in [1.165, 1.54) is 0 Å². The third-order valence-electron chi connectivity index (χ3n) is 7.44. The van der Waals surface area contributed by atoms with Crippen molar-refractivity contribution in [1.29, 1.82) is 5.26 Å². The summed E-state index contributed by atoms with van der Waals surface area (Å²) in [7, 11) is 0. The maximum Gasteiger partial charge on any atom is 0.328 e. The lowest BCUT2D eigenvalue weighted by molar-refractivity contribution is -0.139. The zero-order valence-corrected chi connectivity index (χ0v) is 23.5. The van der Waals surface area contributed by atoms with Gasteiger partial charge in [-0.2, -0.15) is 5.26 Å². The number of nitriles is 1. The van der Waals surface area contributed by atoms with Gasteiger partial charge in [0, 0.05) is 32.6 Å². The molecule has 1 aliphatic carbocycles. The predicted molar refractivity (Wildman–Crippen MR) is 151 cm³/mol. The van der Waals surface area contributed by atoms with Crippen molar-refractivity contribution in [3.63, 3.8) is 0 Å². The average molecular weight is 599 g/mol. The van der Waals surface area contributed by atoms with Gasteiger partial charge in [0.15, 0.2) is 12.0 Å². The van der Waals surface area contributed by atoms with Crippen LogP contribution in [0.4, 0.5) is 0 Å². The van der Waals surface area contributed by atoms with Crippen molar-refractivity contribution in [2.24, 2.45) is 4.99 Å². The van der Waals surface area contributed by atoms with Crippen LogP contribution in [0.3, 0.4) is 0 Å². The summed E-state index contributed by atoms with van der Waals surface area (Å²) in [4.78, 5) is 46.1. The molecule has 0 saturated carbocycles. The van der Waals surface area contributed by atoms with Gasteiger partial charge in [-0.25, -0.2) is 9.79 Å². The number of fused-ring (bicyclic) bond motifs is 2. The highest BCUT2D eigenvalue weighted by Crippen LogP contribution is 2.36. The molecule has 1 unspecified atom stereocenters. The zero-order chi connectivity index (χ0) is 29.1. The van der Waals surface area contributed by atoms with Crippen LogP contribution in [0.15, 0.2) is 46.7 Å². The van der Waals surface area contributed by atoms with E-state index in [1.54, 1.807) is 17.0 Å². The van der Waals surface area contributed by atoms with Gasteiger partial charge in [0.05, 0.1) is 22.2 Å². The molecule has 1 saturated heterocycles. The number of allylic oxidation sites excluding steroid dienone is 2. The van der Waals surface area contributed by atoms with Crippen molar-refractivity contribution >= 4 is 46.9 Å². The average Bonchev–Trinajstić information content (AvgIpc) is 3.64. The Hall–Kier alpha value is -4.01. The molecular formula is C28H28Cl2N6O5. The lowest BCUT2D eigenvalue weighted by atomic mass is 9.96. The van der Waals surface area contributed by atoms with Crippen LogP contribution in [0.5, 0.6) is 0 Å². The van der Waals surface area contributed by atoms with Crippen molar-refractivity contribution in [2.75, 3.05) is 26.2 Å². The van der Waals surface area contributed by atoms with Crippen molar-refractivity contribution in [3.05, 3.63) is 68.4 Å². The van der Waals surface area contributed by atoms with Gasteiger partial charge in [-0.3, -0.25) is 14.9 Å². The number of benzene rings is 1. The quantitative estimate of drug-likeness (QED) is 0.196. The second-order valence-corrected chi connectivity index (χ2v) is 10.9. The molecule has 0 bridgehead atoms. The number of amides is 2. The van der Waals surface area contributed by atoms with Crippen molar-refractivity contribution in [2.45, 2.75) is 44.4 Å². The van der Waals surface area contributed by atoms with Crippen LogP contribution in [-0.2, 0) is 27.3 Å². The number of likely N-dealkylation sites (tertiary alicyclic amines) is 1. The number of carboxylic acids is 1. The van der Waals surface area contributed by atoms with Crippen molar-refractivity contribution in [3.8, 4) is 6.19 Å². The number of nitrogens with one attached hydrogen (secondary N) is 2. The lowest BCUT2D eigenvalue weighted by Crippen LogP contribution is -2.45. The number of rotatable bonds is 6. The molecule has 1 aromatic carbocycles. The van der Waals surface area contributed by atoms with E-state index in [9.17, 15) is 19.5 Å². The Bertz CT molecular complexity index is 1440. The van der Waals surface area contributed by atoms with Gasteiger partial charge in [0.1, 0.15) is 12.1 Å². The maximum atomic E-state index is 13.2. The number of aliphatic imine (C=N–C) groups is 1. The highest BCUT2D eigenvalue weighted by atomic mass is 35.5. The Kier molecular flexibility index (Phi) is 8.52. The van der Waals surface area contributed by atoms with Crippen LogP contribution >= 0.6 is 23.2 Å². The zero-order valence-electron chi connectivity index (χ0n) is 22.0. The predicted octanol–water partition coefficient (Wildman–Crippen LogP) is 2.75. The highest BCUT2D eigenvalue weighted by molar-refractivity contribution is 6.40. The maximum absolute atomic E-state index is 13.2. The van der Waals surface area contributed by atoms with Gasteiger partial charge in [0.2, 0.25) is 5.96 Å². The Balaban J connectivity index is 1.29. The molecule has 4 aliphatic rings. The number of hydrogen-bond donors (Lipinski definition) is 3. The summed E-state index contributed by atoms with van der Waals surface area (Å²) < 4.78 is 5.87. The van der Waals surface area contributed by atoms with E-state index >= 15 is 0 Å². The molecule has 5 rings (SSSR count). The van der Waals surface area contributed by atoms with E-state index in [0.717, 1.165) is 18.4 Å². The Morgan fingerprint density at radius 1 is 1.22 bits per heavy atom. The molecule has 2 atom stereocenters. The van der Waals surface area contributed by atoms with Crippen molar-refractivity contribution < 1.29 is 24.2 Å². The summed E-state index contributed by atoms with van der Waals surface area (Å²) in [6.45, 7) is 1.68. The molecule has 13 heteroatoms. The lowest BCUT2D eigenvalue weighted by Gasteiger charge is -2.30. The minimum Gasteiger partial charge on any atom is -0.480 e. The topological polar surface area (TPSA) is 147 Å². The third-order valence-corrected chi connectivity index (χ3v) is 8.16. The smallest absolute Gasteiger partial charge is 0.328 e. The van der Waals surface area contributed by atoms with Crippen LogP contribution in [0, 0.1) is 11.5 Å². The molecule has 0 aromatic heterocycles. The van der Waals surface area contributed by atoms with Crippen LogP contribution in [-0.4, -0.2) is 77.0 Å². The van der Waals surface area contributed by atoms with Crippen molar-refractivity contribution in [1.82, 2.24) is 20.4 Å². The molecule has 41 heavy (non-hydrogen) atoms. The second-order valence-electron chi connectivity index (χ2n) is 10.1. The Morgan fingerprint density at radius 3 is 2.71 bits per heavy atom. The van der Waals surface area contributed by atoms with Gasteiger partial charge in [-0.05, 0) is 48.1 Å². The van der Waals surface area contributed by atoms with Crippen LogP contribution in [0.25, 0.3) is 0 Å². The summed E-state index contributed by atoms with van der Waals surface area (Å²) in [5.74, 6) is -1.73. The number of hydrogen-bond acceptors (Lipinski definition) is 6. The first-order chi connectivity index (χ1) is 19.8. The van der Waals surface area contributed by atoms with E-state index in [0.29, 0.717) is 49.4 Å². The fraction of sp³-hybridized carbons (Fsp3) is 0.393. The van der Waals surface area contributed by atoms with E-state index < -0.39 is 17.9 Å². The number of halogens is 2. The summed E-state index contributed by atoms with van der Waals surface area (Å²) in [6, 6.07) is 0.203. The number of nitrogens with zero attached hydrogens (tertiary/aromatic N) is 4. The summed E-state index contributed by atoms with van der Waals surface area (Å²) in [6.07, 6.45) is 12.3. The first kappa shape index (κ1) is 28.5. The first-order valence-corrected chi connectivity index (χ1v) is 14.0. The normalized spacial score (nSPS) is 20.2. The molecule has 0 spiro atoms. The SMILES string of the molecule is N#CNC(=NC[C@H](NC(=O)c1c(Cl)cc2c(c1Cl)CCN(C(=O)C1=CC3=CC=CCC3O1)C2)C(=O)O)N1CCCC1. The van der Waals surface area contributed by atoms with E-state index in [1.807, 2.05) is 29.3 Å². The monoisotopic (exact) mass is 598 g/mol. The summed E-state index contributed by atoms with van der Waals surface area (Å²) in [5.41, 5.74) is 2.30. The number of ether oxygens (including phenoxy) is 1. The second kappa shape index (κ2) is 12.2. The van der Waals surface area contributed by atoms with Gasteiger partial charge < -0.3 is 25.0 Å². The molecular weight excluding hydrogens is 571 g/mol. The molecule has 1 fully saturated rings. The Morgan fingerprint density at radius 2 is 2.00 bits per heavy atom. The molecule has 11 nitrogen and oxygen atoms in total. The van der Waals surface area contributed by atoms with Crippen LogP contribution < -0.4 is 10.6 Å². The number of carboxylic acid groups (broad SMARTS) is 1. The fourth-order valence-corrected chi connectivity index (χ4v) is 6.08. The Labute approximate surface area is 246 Å². The van der Waals surface area contributed by atoms with Gasteiger partial charge in [-0.15, -0.1) is 0 Å². The molecule has 3 heterocycles. The first-order valence-electron chi connectivity index (χ1n) is 13.3.